The fraction of sp³-hybridized carbons (Fsp3) is 0.333. The zero-order valence-electron chi connectivity index (χ0n) is 5.95. The molecule has 0 fully saturated rings. The lowest BCUT2D eigenvalue weighted by Gasteiger charge is -2.03. The maximum Gasteiger partial charge on any atom is 0.00239 e. The van der Waals surface area contributed by atoms with Crippen molar-refractivity contribution in [3.63, 3.8) is 0 Å². The Morgan fingerprint density at radius 2 is 2.20 bits per heavy atom. The molecule has 0 N–H and O–H groups in total. The summed E-state index contributed by atoms with van der Waals surface area (Å²) in [6, 6.07) is 0. The van der Waals surface area contributed by atoms with Crippen LogP contribution >= 0.6 is 15.9 Å². The van der Waals surface area contributed by atoms with Crippen LogP contribution in [-0.4, -0.2) is 0 Å². The Labute approximate surface area is 70.1 Å². The molecule has 0 saturated carbocycles. The average molecular weight is 197 g/mol. The van der Waals surface area contributed by atoms with Crippen LogP contribution in [0.5, 0.6) is 0 Å². The minimum atomic E-state index is 1.08. The Hall–Kier alpha value is -0.480. The van der Waals surface area contributed by atoms with Crippen LogP contribution in [0, 0.1) is 11.8 Å². The third-order valence-electron chi connectivity index (χ3n) is 1.38. The van der Waals surface area contributed by atoms with Crippen molar-refractivity contribution in [3.8, 4) is 11.8 Å². The third kappa shape index (κ3) is 2.04. The zero-order valence-corrected chi connectivity index (χ0v) is 7.53. The van der Waals surface area contributed by atoms with Crippen molar-refractivity contribution in [1.82, 2.24) is 0 Å². The zero-order chi connectivity index (χ0) is 7.40. The van der Waals surface area contributed by atoms with Crippen LogP contribution in [0.4, 0.5) is 0 Å². The molecule has 0 bridgehead atoms. The molecule has 0 aromatic rings. The topological polar surface area (TPSA) is 0 Å². The minimum Gasteiger partial charge on any atom is -0.102 e. The quantitative estimate of drug-likeness (QED) is 0.523. The maximum atomic E-state index is 3.44. The highest BCUT2D eigenvalue weighted by Crippen LogP contribution is 2.21. The molecular weight excluding hydrogens is 188 g/mol. The summed E-state index contributed by atoms with van der Waals surface area (Å²) in [7, 11) is 0. The molecule has 0 aliphatic heterocycles. The van der Waals surface area contributed by atoms with Crippen LogP contribution < -0.4 is 0 Å². The molecule has 0 spiro atoms. The number of hydrogen-bond acceptors (Lipinski definition) is 0. The predicted molar refractivity (Wildman–Crippen MR) is 47.8 cm³/mol. The Kier molecular flexibility index (Phi) is 2.77. The molecule has 0 atom stereocenters. The lowest BCUT2D eigenvalue weighted by atomic mass is 10.1. The Morgan fingerprint density at radius 1 is 1.40 bits per heavy atom. The number of allylic oxidation sites excluding steroid dienone is 4. The number of rotatable bonds is 0. The van der Waals surface area contributed by atoms with Gasteiger partial charge in [0.05, 0.1) is 0 Å². The molecule has 0 heterocycles. The molecule has 0 saturated heterocycles. The summed E-state index contributed by atoms with van der Waals surface area (Å²) in [6.07, 6.45) is 6.33. The van der Waals surface area contributed by atoms with Gasteiger partial charge in [-0.2, -0.15) is 0 Å². The summed E-state index contributed by atoms with van der Waals surface area (Å²) in [4.78, 5) is 0. The predicted octanol–water partition coefficient (Wildman–Crippen LogP) is 3.01. The second-order valence-electron chi connectivity index (χ2n) is 2.18. The van der Waals surface area contributed by atoms with Crippen molar-refractivity contribution in [3.05, 3.63) is 22.2 Å². The van der Waals surface area contributed by atoms with Gasteiger partial charge in [-0.1, -0.05) is 27.9 Å². The normalized spacial score (nSPS) is 16.6. The van der Waals surface area contributed by atoms with E-state index in [-0.39, 0.29) is 0 Å². The first-order valence-electron chi connectivity index (χ1n) is 3.31. The van der Waals surface area contributed by atoms with Crippen molar-refractivity contribution >= 4 is 15.9 Å². The Bertz CT molecular complexity index is 235. The molecule has 0 aromatic carbocycles. The van der Waals surface area contributed by atoms with E-state index in [0.717, 1.165) is 12.8 Å². The molecule has 0 nitrogen and oxygen atoms in total. The van der Waals surface area contributed by atoms with Crippen molar-refractivity contribution in [2.24, 2.45) is 0 Å². The van der Waals surface area contributed by atoms with E-state index < -0.39 is 0 Å². The van der Waals surface area contributed by atoms with Crippen molar-refractivity contribution in [2.45, 2.75) is 19.8 Å². The van der Waals surface area contributed by atoms with Crippen LogP contribution in [0.25, 0.3) is 0 Å². The van der Waals surface area contributed by atoms with Crippen LogP contribution in [0.3, 0.4) is 0 Å². The molecule has 0 amide bonds. The Morgan fingerprint density at radius 3 is 2.70 bits per heavy atom. The molecule has 1 aliphatic carbocycles. The molecule has 52 valence electrons. The average Bonchev–Trinajstić information content (AvgIpc) is 1.95. The molecule has 1 heteroatoms. The molecule has 0 unspecified atom stereocenters. The highest BCUT2D eigenvalue weighted by Gasteiger charge is 1.99. The van der Waals surface area contributed by atoms with E-state index >= 15 is 0 Å². The summed E-state index contributed by atoms with van der Waals surface area (Å²) in [5.41, 5.74) is 1.24. The van der Waals surface area contributed by atoms with Crippen molar-refractivity contribution < 1.29 is 0 Å². The molecule has 1 aliphatic rings. The molecule has 10 heavy (non-hydrogen) atoms. The maximum absolute atomic E-state index is 3.44. The minimum absolute atomic E-state index is 1.08. The second-order valence-corrected chi connectivity index (χ2v) is 3.20. The van der Waals surface area contributed by atoms with E-state index in [4.69, 9.17) is 0 Å². The largest absolute Gasteiger partial charge is 0.102 e. The monoisotopic (exact) mass is 196 g/mol. The number of halogens is 1. The number of hydrogen-bond donors (Lipinski definition) is 0. The van der Waals surface area contributed by atoms with Crippen LogP contribution in [-0.2, 0) is 0 Å². The van der Waals surface area contributed by atoms with Gasteiger partial charge in [0.1, 0.15) is 0 Å². The van der Waals surface area contributed by atoms with Gasteiger partial charge in [-0.05, 0) is 30.3 Å². The highest BCUT2D eigenvalue weighted by atomic mass is 79.9. The summed E-state index contributed by atoms with van der Waals surface area (Å²) < 4.78 is 1.27. The van der Waals surface area contributed by atoms with Gasteiger partial charge in [0.15, 0.2) is 0 Å². The smallest absolute Gasteiger partial charge is 0.00239 e. The molecule has 0 radical (unpaired) electrons. The van der Waals surface area contributed by atoms with Gasteiger partial charge in [-0.25, -0.2) is 0 Å². The van der Waals surface area contributed by atoms with Gasteiger partial charge in [0.25, 0.3) is 0 Å². The molecule has 1 rings (SSSR count). The van der Waals surface area contributed by atoms with Crippen molar-refractivity contribution in [2.75, 3.05) is 0 Å². The lowest BCUT2D eigenvalue weighted by molar-refractivity contribution is 0.989. The van der Waals surface area contributed by atoms with Gasteiger partial charge in [0, 0.05) is 5.57 Å². The summed E-state index contributed by atoms with van der Waals surface area (Å²) in [5, 5.41) is 0. The van der Waals surface area contributed by atoms with E-state index in [1.165, 1.54) is 10.1 Å². The van der Waals surface area contributed by atoms with E-state index in [1.54, 1.807) is 0 Å². The van der Waals surface area contributed by atoms with Gasteiger partial charge in [-0.15, -0.1) is 5.92 Å². The van der Waals surface area contributed by atoms with Gasteiger partial charge >= 0.3 is 0 Å². The summed E-state index contributed by atoms with van der Waals surface area (Å²) >= 11 is 3.44. The van der Waals surface area contributed by atoms with Crippen LogP contribution in [0.15, 0.2) is 22.2 Å². The second kappa shape index (κ2) is 3.63. The van der Waals surface area contributed by atoms with Gasteiger partial charge in [0.2, 0.25) is 0 Å². The third-order valence-corrected chi connectivity index (χ3v) is 2.04. The first-order valence-corrected chi connectivity index (χ1v) is 4.10. The fourth-order valence-corrected chi connectivity index (χ4v) is 1.21. The van der Waals surface area contributed by atoms with Crippen LogP contribution in [0.2, 0.25) is 0 Å². The first-order chi connectivity index (χ1) is 4.83. The fourth-order valence-electron chi connectivity index (χ4n) is 0.876. The summed E-state index contributed by atoms with van der Waals surface area (Å²) in [6.45, 7) is 1.87. The first kappa shape index (κ1) is 7.63. The lowest BCUT2D eigenvalue weighted by Crippen LogP contribution is -1.85. The van der Waals surface area contributed by atoms with Gasteiger partial charge < -0.3 is 0 Å². The van der Waals surface area contributed by atoms with E-state index in [0.29, 0.717) is 0 Å². The SMILES string of the molecule is CC#CC1=CC=C(Br)CC1. The molecule has 0 aromatic heterocycles. The Balaban J connectivity index is 2.70. The van der Waals surface area contributed by atoms with E-state index in [1.807, 2.05) is 6.92 Å². The van der Waals surface area contributed by atoms with E-state index in [9.17, 15) is 0 Å². The highest BCUT2D eigenvalue weighted by molar-refractivity contribution is 9.11. The summed E-state index contributed by atoms with van der Waals surface area (Å²) in [5.74, 6) is 5.94. The van der Waals surface area contributed by atoms with Crippen LogP contribution in [0.1, 0.15) is 19.8 Å². The molecular formula is C9H9Br. The standard InChI is InChI=1S/C9H9Br/c1-2-3-8-4-6-9(10)7-5-8/h4,6H,5,7H2,1H3. The van der Waals surface area contributed by atoms with Crippen molar-refractivity contribution in [1.29, 1.82) is 0 Å². The van der Waals surface area contributed by atoms with E-state index in [2.05, 4.69) is 39.9 Å². The van der Waals surface area contributed by atoms with Gasteiger partial charge in [-0.3, -0.25) is 0 Å².